The Balaban J connectivity index is 0.000000170. The molecule has 5 atom stereocenters. The van der Waals surface area contributed by atoms with Crippen LogP contribution in [0.15, 0.2) is 72.7 Å². The summed E-state index contributed by atoms with van der Waals surface area (Å²) >= 11 is 19.4. The summed E-state index contributed by atoms with van der Waals surface area (Å²) in [6, 6.07) is 6.33. The second kappa shape index (κ2) is 20.5. The lowest BCUT2D eigenvalue weighted by Gasteiger charge is -2.42. The minimum absolute atomic E-state index is 0. The molecule has 3 aromatic heterocycles. The second-order valence-corrected chi connectivity index (χ2v) is 24.8. The highest BCUT2D eigenvalue weighted by atomic mass is 79.9. The van der Waals surface area contributed by atoms with Gasteiger partial charge in [-0.2, -0.15) is 0 Å². The molecule has 330 valence electrons. The fourth-order valence-corrected chi connectivity index (χ4v) is 13.6. The van der Waals surface area contributed by atoms with Crippen molar-refractivity contribution in [2.24, 2.45) is 36.4 Å². The van der Waals surface area contributed by atoms with Crippen LogP contribution in [0.25, 0.3) is 0 Å². The molecule has 8 heterocycles. The third kappa shape index (κ3) is 11.6. The normalized spacial score (nSPS) is 25.3. The number of amidine groups is 3. The Hall–Kier alpha value is -1.59. The number of nitrogens with one attached hydrogen (secondary N) is 2. The first-order valence-electron chi connectivity index (χ1n) is 19.5. The van der Waals surface area contributed by atoms with Crippen molar-refractivity contribution in [3.63, 3.8) is 0 Å². The number of hydrogen-bond donors (Lipinski definition) is 4. The maximum Gasteiger partial charge on any atom is 0.197 e. The Morgan fingerprint density at radius 1 is 0.850 bits per heavy atom. The van der Waals surface area contributed by atoms with Gasteiger partial charge in [0.1, 0.15) is 27.6 Å². The number of nitrogens with zero attached hydrogens (tertiary/aromatic N) is 7. The molecule has 0 fully saturated rings. The zero-order valence-electron chi connectivity index (χ0n) is 34.6. The van der Waals surface area contributed by atoms with E-state index in [0.717, 1.165) is 101 Å². The highest BCUT2D eigenvalue weighted by Crippen LogP contribution is 2.43. The van der Waals surface area contributed by atoms with Crippen molar-refractivity contribution in [1.82, 2.24) is 19.8 Å². The lowest BCUT2D eigenvalue weighted by molar-refractivity contribution is 0.429. The molecule has 2 unspecified atom stereocenters. The molecule has 6 N–H and O–H groups in total. The maximum atomic E-state index is 12.6. The van der Waals surface area contributed by atoms with Gasteiger partial charge >= 0.3 is 0 Å². The van der Waals surface area contributed by atoms with Gasteiger partial charge < -0.3 is 21.7 Å². The van der Waals surface area contributed by atoms with E-state index in [2.05, 4.69) is 144 Å². The molecular weight excluding hydrogens is 1110 g/mol. The molecule has 0 saturated carbocycles. The van der Waals surface area contributed by atoms with Crippen molar-refractivity contribution in [3.8, 4) is 0 Å². The molecular formula is C39H54Br4FN11OS4. The molecule has 3 aromatic rings. The third-order valence-electron chi connectivity index (χ3n) is 10.4. The van der Waals surface area contributed by atoms with Crippen molar-refractivity contribution in [2.75, 3.05) is 39.3 Å². The van der Waals surface area contributed by atoms with Gasteiger partial charge in [-0.15, -0.1) is 34.0 Å². The standard InChI is InChI=1S/C15H24BrN3OS2.C12H14Br2N4S.C12H15BrN4S.FH/c1-14(2,3)22(20)19-15(4,12-8-11(16)10-21-12)9-13-17-6-5-7-18-13;1-12(8-5-7(13)6-19-8)9(14)10-16-3-2-4-18(10)11(15)17-12;1-12(9-5-8(13)7-18-9)6-10-15-3-2-4-17(10)11(14)16-12;/h8,10,19H,5-7,9H2,1-4H3,(H,17,18);5-6,9H,2-4H2,1H3,(H2,15,17);5,7H,2-4,6H2,1H3,(H2,14,16);1H/t15-,22?;9?,12-;12-;/m010./s1. The zero-order chi connectivity index (χ0) is 42.8. The molecule has 0 saturated heterocycles. The number of rotatable bonds is 7. The highest BCUT2D eigenvalue weighted by molar-refractivity contribution is 9.11. The van der Waals surface area contributed by atoms with E-state index in [1.165, 1.54) is 9.75 Å². The Labute approximate surface area is 401 Å². The smallest absolute Gasteiger partial charge is 0.197 e. The minimum atomic E-state index is -1.14. The van der Waals surface area contributed by atoms with Crippen molar-refractivity contribution in [1.29, 1.82) is 0 Å². The van der Waals surface area contributed by atoms with E-state index in [9.17, 15) is 4.21 Å². The van der Waals surface area contributed by atoms with Crippen LogP contribution in [0.2, 0.25) is 0 Å². The molecule has 0 amide bonds. The number of nitrogens with two attached hydrogens (primary N) is 2. The van der Waals surface area contributed by atoms with E-state index < -0.39 is 22.1 Å². The van der Waals surface area contributed by atoms with E-state index in [-0.39, 0.29) is 19.8 Å². The number of halogens is 5. The molecule has 12 nitrogen and oxygen atoms in total. The number of hydrogen-bond acceptors (Lipinski definition) is 14. The molecule has 0 bridgehead atoms. The van der Waals surface area contributed by atoms with E-state index in [1.807, 2.05) is 30.6 Å². The number of alkyl halides is 1. The van der Waals surface area contributed by atoms with E-state index in [1.54, 1.807) is 34.0 Å². The summed E-state index contributed by atoms with van der Waals surface area (Å²) in [6.45, 7) is 17.7. The number of thiophene rings is 3. The van der Waals surface area contributed by atoms with Crippen molar-refractivity contribution >= 4 is 138 Å². The quantitative estimate of drug-likeness (QED) is 0.173. The van der Waals surface area contributed by atoms with E-state index in [4.69, 9.17) is 21.5 Å². The molecule has 0 aliphatic carbocycles. The van der Waals surface area contributed by atoms with Gasteiger partial charge in [0, 0.05) is 96.3 Å². The first kappa shape index (κ1) is 49.4. The van der Waals surface area contributed by atoms with Gasteiger partial charge in [-0.05, 0) is 127 Å². The molecule has 0 radical (unpaired) electrons. The molecule has 0 aromatic carbocycles. The van der Waals surface area contributed by atoms with Crippen LogP contribution in [0.3, 0.4) is 0 Å². The topological polar surface area (TPSA) is 161 Å². The Bertz CT molecular complexity index is 2170. The summed E-state index contributed by atoms with van der Waals surface area (Å²) in [4.78, 5) is 31.0. The van der Waals surface area contributed by atoms with Gasteiger partial charge in [-0.3, -0.25) is 24.6 Å². The average molecular weight is 1160 g/mol. The Kier molecular flexibility index (Phi) is 16.9. The summed E-state index contributed by atoms with van der Waals surface area (Å²) in [7, 11) is -1.14. The Morgan fingerprint density at radius 3 is 2.02 bits per heavy atom. The van der Waals surface area contributed by atoms with Crippen LogP contribution in [0.1, 0.15) is 88.3 Å². The fraction of sp³-hybridized carbons (Fsp3) is 0.564. The largest absolute Gasteiger partial charge is 0.374 e. The zero-order valence-corrected chi connectivity index (χ0v) is 44.2. The van der Waals surface area contributed by atoms with Crippen LogP contribution in [0.5, 0.6) is 0 Å². The lowest BCUT2D eigenvalue weighted by Crippen LogP contribution is -2.57. The summed E-state index contributed by atoms with van der Waals surface area (Å²) in [5, 5.41) is 9.58. The van der Waals surface area contributed by atoms with Crippen LogP contribution in [-0.2, 0) is 27.6 Å². The van der Waals surface area contributed by atoms with Gasteiger partial charge in [-0.25, -0.2) is 18.9 Å². The van der Waals surface area contributed by atoms with Gasteiger partial charge in [-0.1, -0.05) is 15.9 Å². The van der Waals surface area contributed by atoms with Gasteiger partial charge in [0.05, 0.1) is 27.1 Å². The van der Waals surface area contributed by atoms with Crippen LogP contribution in [0.4, 0.5) is 4.70 Å². The first-order valence-corrected chi connectivity index (χ1v) is 26.6. The maximum absolute atomic E-state index is 12.6. The lowest BCUT2D eigenvalue weighted by atomic mass is 9.93. The van der Waals surface area contributed by atoms with Crippen molar-refractivity contribution in [2.45, 2.75) is 99.8 Å². The summed E-state index contributed by atoms with van der Waals surface area (Å²) in [6.07, 6.45) is 4.70. The van der Waals surface area contributed by atoms with Crippen molar-refractivity contribution < 1.29 is 8.91 Å². The highest BCUT2D eigenvalue weighted by Gasteiger charge is 2.46. The van der Waals surface area contributed by atoms with Gasteiger partial charge in [0.2, 0.25) is 0 Å². The molecule has 0 spiro atoms. The summed E-state index contributed by atoms with van der Waals surface area (Å²) in [5.74, 6) is 4.26. The third-order valence-corrected chi connectivity index (χ3v) is 19.2. The minimum Gasteiger partial charge on any atom is -0.374 e. The van der Waals surface area contributed by atoms with E-state index >= 15 is 0 Å². The first-order chi connectivity index (χ1) is 27.8. The van der Waals surface area contributed by atoms with Gasteiger partial charge in [0.15, 0.2) is 11.9 Å². The number of fused-ring (bicyclic) bond motifs is 2. The molecule has 60 heavy (non-hydrogen) atoms. The van der Waals surface area contributed by atoms with Crippen LogP contribution in [-0.4, -0.2) is 92.3 Å². The molecule has 21 heteroatoms. The van der Waals surface area contributed by atoms with Crippen LogP contribution in [0, 0.1) is 0 Å². The predicted molar refractivity (Wildman–Crippen MR) is 269 cm³/mol. The SMILES string of the molecule is CC(C)(C)S(=O)N[C@@](C)(CC1=NCCCN1)c1cc(Br)cs1.C[C@@]1(c2cc(Br)cs2)CC2=NCCCN2C(N)=N1.C[C@]1(c2cc(Br)cs2)N=C(N)N2CCCN=C2C1Br.F. The fourth-order valence-electron chi connectivity index (χ4n) is 7.05. The molecule has 5 aliphatic rings. The van der Waals surface area contributed by atoms with E-state index in [0.29, 0.717) is 18.3 Å². The Morgan fingerprint density at radius 2 is 1.43 bits per heavy atom. The van der Waals surface area contributed by atoms with Crippen molar-refractivity contribution in [3.05, 3.63) is 62.4 Å². The average Bonchev–Trinajstić information content (AvgIpc) is 3.96. The summed E-state index contributed by atoms with van der Waals surface area (Å²) in [5.41, 5.74) is 11.2. The number of guanidine groups is 2. The predicted octanol–water partition coefficient (Wildman–Crippen LogP) is 9.18. The second-order valence-electron chi connectivity index (χ2n) is 16.4. The van der Waals surface area contributed by atoms with Crippen LogP contribution < -0.4 is 21.5 Å². The van der Waals surface area contributed by atoms with Crippen LogP contribution >= 0.6 is 97.7 Å². The van der Waals surface area contributed by atoms with Gasteiger partial charge in [0.25, 0.3) is 0 Å². The molecule has 5 aliphatic heterocycles. The molecule has 8 rings (SSSR count). The monoisotopic (exact) mass is 1160 g/mol. The summed E-state index contributed by atoms with van der Waals surface area (Å²) < 4.78 is 18.9. The number of aliphatic imine (C=N–C) groups is 5.